The second-order valence-corrected chi connectivity index (χ2v) is 4.83. The van der Waals surface area contributed by atoms with Crippen molar-refractivity contribution in [3.8, 4) is 11.8 Å². The lowest BCUT2D eigenvalue weighted by molar-refractivity contribution is 0.0535. The Bertz CT molecular complexity index is 495. The zero-order valence-corrected chi connectivity index (χ0v) is 11.4. The molecule has 0 saturated heterocycles. The molecular weight excluding hydrogens is 244 g/mol. The summed E-state index contributed by atoms with van der Waals surface area (Å²) in [6.07, 6.45) is -0.501. The number of aliphatic hydroxyl groups excluding tert-OH is 1. The first kappa shape index (κ1) is 15.0. The van der Waals surface area contributed by atoms with Crippen LogP contribution in [0.4, 0.5) is 4.79 Å². The highest BCUT2D eigenvalue weighted by Crippen LogP contribution is 2.06. The van der Waals surface area contributed by atoms with Crippen molar-refractivity contribution in [2.45, 2.75) is 33.0 Å². The van der Waals surface area contributed by atoms with Gasteiger partial charge in [-0.2, -0.15) is 0 Å². The van der Waals surface area contributed by atoms with Crippen molar-refractivity contribution < 1.29 is 14.6 Å². The minimum atomic E-state index is -0.519. The van der Waals surface area contributed by atoms with E-state index in [1.165, 1.54) is 0 Å². The summed E-state index contributed by atoms with van der Waals surface area (Å²) in [4.78, 5) is 15.4. The van der Waals surface area contributed by atoms with E-state index in [1.54, 1.807) is 39.0 Å². The lowest BCUT2D eigenvalue weighted by Crippen LogP contribution is -2.32. The predicted octanol–water partition coefficient (Wildman–Crippen LogP) is 1.45. The maximum absolute atomic E-state index is 11.3. The molecule has 1 aromatic heterocycles. The van der Waals surface area contributed by atoms with Crippen LogP contribution in [-0.4, -0.2) is 28.3 Å². The van der Waals surface area contributed by atoms with Gasteiger partial charge in [-0.3, -0.25) is 0 Å². The van der Waals surface area contributed by atoms with Gasteiger partial charge in [0.1, 0.15) is 11.3 Å². The van der Waals surface area contributed by atoms with E-state index >= 15 is 0 Å². The smallest absolute Gasteiger partial charge is 0.408 e. The Balaban J connectivity index is 2.45. The van der Waals surface area contributed by atoms with Gasteiger partial charge in [-0.05, 0) is 38.8 Å². The number of rotatable bonds is 2. The molecule has 0 radical (unpaired) electrons. The van der Waals surface area contributed by atoms with Crippen LogP contribution in [0.15, 0.2) is 18.2 Å². The van der Waals surface area contributed by atoms with Crippen LogP contribution in [0.2, 0.25) is 0 Å². The third-order valence-corrected chi connectivity index (χ3v) is 1.91. The number of amides is 1. The van der Waals surface area contributed by atoms with Gasteiger partial charge in [0.15, 0.2) is 0 Å². The average Bonchev–Trinajstić information content (AvgIpc) is 2.33. The Morgan fingerprint density at radius 2 is 2.21 bits per heavy atom. The minimum absolute atomic E-state index is 0.119. The van der Waals surface area contributed by atoms with Crippen molar-refractivity contribution in [1.82, 2.24) is 10.3 Å². The standard InChI is InChI=1S/C14H18N2O3/c1-14(2,3)19-13(18)15-9-5-8-11-6-4-7-12(10-17)16-11/h4,6-7,17H,9-10H2,1-3H3,(H,15,18). The van der Waals surface area contributed by atoms with Crippen molar-refractivity contribution in [1.29, 1.82) is 0 Å². The maximum Gasteiger partial charge on any atom is 0.408 e. The van der Waals surface area contributed by atoms with Crippen molar-refractivity contribution >= 4 is 6.09 Å². The van der Waals surface area contributed by atoms with Gasteiger partial charge in [-0.25, -0.2) is 9.78 Å². The SMILES string of the molecule is CC(C)(C)OC(=O)NCC#Cc1cccc(CO)n1. The third-order valence-electron chi connectivity index (χ3n) is 1.91. The number of hydrogen-bond acceptors (Lipinski definition) is 4. The van der Waals surface area contributed by atoms with E-state index in [0.29, 0.717) is 11.4 Å². The molecule has 1 heterocycles. The number of ether oxygens (including phenoxy) is 1. The van der Waals surface area contributed by atoms with Crippen LogP contribution in [0.3, 0.4) is 0 Å². The fourth-order valence-electron chi connectivity index (χ4n) is 1.20. The molecular formula is C14H18N2O3. The lowest BCUT2D eigenvalue weighted by Gasteiger charge is -2.18. The Kier molecular flexibility index (Phi) is 5.34. The van der Waals surface area contributed by atoms with Crippen LogP contribution >= 0.6 is 0 Å². The van der Waals surface area contributed by atoms with E-state index in [1.807, 2.05) is 0 Å². The van der Waals surface area contributed by atoms with Crippen molar-refractivity contribution in [2.75, 3.05) is 6.54 Å². The first-order valence-electron chi connectivity index (χ1n) is 5.93. The van der Waals surface area contributed by atoms with E-state index in [-0.39, 0.29) is 13.2 Å². The monoisotopic (exact) mass is 262 g/mol. The largest absolute Gasteiger partial charge is 0.444 e. The number of hydrogen-bond donors (Lipinski definition) is 2. The van der Waals surface area contributed by atoms with Gasteiger partial charge in [0.2, 0.25) is 0 Å². The molecule has 0 aliphatic carbocycles. The van der Waals surface area contributed by atoms with E-state index in [0.717, 1.165) is 0 Å². The van der Waals surface area contributed by atoms with Gasteiger partial charge >= 0.3 is 6.09 Å². The molecule has 0 aliphatic heterocycles. The number of aromatic nitrogens is 1. The number of nitrogens with zero attached hydrogens (tertiary/aromatic N) is 1. The van der Waals surface area contributed by atoms with Gasteiger partial charge in [-0.15, -0.1) is 0 Å². The number of pyridine rings is 1. The van der Waals surface area contributed by atoms with Crippen LogP contribution in [0, 0.1) is 11.8 Å². The fraction of sp³-hybridized carbons (Fsp3) is 0.429. The van der Waals surface area contributed by atoms with Crippen molar-refractivity contribution in [3.63, 3.8) is 0 Å². The molecule has 0 spiro atoms. The molecule has 19 heavy (non-hydrogen) atoms. The normalized spacial score (nSPS) is 10.3. The third kappa shape index (κ3) is 6.43. The Morgan fingerprint density at radius 3 is 2.84 bits per heavy atom. The van der Waals surface area contributed by atoms with E-state index < -0.39 is 11.7 Å². The van der Waals surface area contributed by atoms with Crippen molar-refractivity contribution in [2.24, 2.45) is 0 Å². The highest BCUT2D eigenvalue weighted by Gasteiger charge is 2.14. The molecule has 0 atom stereocenters. The van der Waals surface area contributed by atoms with Gasteiger partial charge in [0.05, 0.1) is 18.8 Å². The molecule has 0 bridgehead atoms. The van der Waals surface area contributed by atoms with Crippen LogP contribution in [0.5, 0.6) is 0 Å². The summed E-state index contributed by atoms with van der Waals surface area (Å²) in [6.45, 7) is 5.44. The molecule has 0 aromatic carbocycles. The second-order valence-electron chi connectivity index (χ2n) is 4.83. The molecule has 1 amide bonds. The van der Waals surface area contributed by atoms with Crippen LogP contribution in [0.25, 0.3) is 0 Å². The molecule has 5 nitrogen and oxygen atoms in total. The Hall–Kier alpha value is -2.06. The molecule has 1 rings (SSSR count). The number of carbonyl (C=O) groups excluding carboxylic acids is 1. The van der Waals surface area contributed by atoms with Crippen LogP contribution in [0.1, 0.15) is 32.2 Å². The van der Waals surface area contributed by atoms with E-state index in [9.17, 15) is 4.79 Å². The quantitative estimate of drug-likeness (QED) is 0.791. The molecule has 102 valence electrons. The first-order valence-corrected chi connectivity index (χ1v) is 5.93. The molecule has 5 heteroatoms. The Morgan fingerprint density at radius 1 is 1.47 bits per heavy atom. The van der Waals surface area contributed by atoms with Gasteiger partial charge < -0.3 is 15.2 Å². The molecule has 0 fully saturated rings. The van der Waals surface area contributed by atoms with Gasteiger partial charge in [0, 0.05) is 0 Å². The molecule has 0 unspecified atom stereocenters. The molecule has 2 N–H and O–H groups in total. The molecule has 0 aliphatic rings. The number of carbonyl (C=O) groups is 1. The maximum atomic E-state index is 11.3. The second kappa shape index (κ2) is 6.76. The fourth-order valence-corrected chi connectivity index (χ4v) is 1.20. The Labute approximate surface area is 113 Å². The summed E-state index contributed by atoms with van der Waals surface area (Å²) < 4.78 is 5.06. The highest BCUT2D eigenvalue weighted by molar-refractivity contribution is 5.68. The molecule has 0 saturated carbocycles. The lowest BCUT2D eigenvalue weighted by atomic mass is 10.2. The highest BCUT2D eigenvalue weighted by atomic mass is 16.6. The summed E-state index contributed by atoms with van der Waals surface area (Å²) in [5, 5.41) is 11.5. The van der Waals surface area contributed by atoms with Gasteiger partial charge in [0.25, 0.3) is 0 Å². The number of aliphatic hydroxyl groups is 1. The zero-order chi connectivity index (χ0) is 14.3. The summed E-state index contributed by atoms with van der Waals surface area (Å²) in [5.41, 5.74) is 0.596. The minimum Gasteiger partial charge on any atom is -0.444 e. The van der Waals surface area contributed by atoms with Crippen LogP contribution in [-0.2, 0) is 11.3 Å². The zero-order valence-electron chi connectivity index (χ0n) is 11.4. The van der Waals surface area contributed by atoms with E-state index in [2.05, 4.69) is 22.1 Å². The predicted molar refractivity (Wildman–Crippen MR) is 71.3 cm³/mol. The summed E-state index contributed by atoms with van der Waals surface area (Å²) in [6, 6.07) is 5.22. The summed E-state index contributed by atoms with van der Waals surface area (Å²) in [5.74, 6) is 5.56. The van der Waals surface area contributed by atoms with Crippen molar-refractivity contribution in [3.05, 3.63) is 29.6 Å². The first-order chi connectivity index (χ1) is 8.90. The summed E-state index contributed by atoms with van der Waals surface area (Å²) >= 11 is 0. The van der Waals surface area contributed by atoms with Crippen LogP contribution < -0.4 is 5.32 Å². The van der Waals surface area contributed by atoms with E-state index in [4.69, 9.17) is 9.84 Å². The number of alkyl carbamates (subject to hydrolysis) is 1. The average molecular weight is 262 g/mol. The topological polar surface area (TPSA) is 71.5 Å². The van der Waals surface area contributed by atoms with Gasteiger partial charge in [-0.1, -0.05) is 12.0 Å². The molecule has 1 aromatic rings. The number of nitrogens with one attached hydrogen (secondary N) is 1. The summed E-state index contributed by atoms with van der Waals surface area (Å²) in [7, 11) is 0.